The first kappa shape index (κ1) is 25.7. The zero-order valence-corrected chi connectivity index (χ0v) is 21.2. The molecule has 0 aliphatic rings. The summed E-state index contributed by atoms with van der Waals surface area (Å²) >= 11 is 0. The number of amides is 1. The molecule has 0 saturated heterocycles. The molecule has 0 radical (unpaired) electrons. The number of hydrogen-bond donors (Lipinski definition) is 3. The average Bonchev–Trinajstić information content (AvgIpc) is 2.90. The zero-order valence-electron chi connectivity index (χ0n) is 19.6. The first-order valence-electron chi connectivity index (χ1n) is 10.9. The van der Waals surface area contributed by atoms with Crippen molar-refractivity contribution in [3.63, 3.8) is 0 Å². The van der Waals surface area contributed by atoms with Gasteiger partial charge < -0.3 is 10.1 Å². The van der Waals surface area contributed by atoms with Crippen molar-refractivity contribution in [3.05, 3.63) is 109 Å². The molecule has 9 nitrogen and oxygen atoms in total. The Kier molecular flexibility index (Phi) is 7.46. The molecular formula is C26H23N3O6S2. The highest BCUT2D eigenvalue weighted by molar-refractivity contribution is 7.93. The minimum absolute atomic E-state index is 0.00246. The van der Waals surface area contributed by atoms with E-state index in [1.54, 1.807) is 54.6 Å². The Morgan fingerprint density at radius 2 is 1.16 bits per heavy atom. The van der Waals surface area contributed by atoms with Gasteiger partial charge in [0, 0.05) is 11.4 Å². The van der Waals surface area contributed by atoms with Crippen LogP contribution >= 0.6 is 0 Å². The molecular weight excluding hydrogens is 514 g/mol. The van der Waals surface area contributed by atoms with Crippen LogP contribution in [-0.4, -0.2) is 29.9 Å². The molecule has 0 heterocycles. The van der Waals surface area contributed by atoms with Crippen molar-refractivity contribution < 1.29 is 26.4 Å². The van der Waals surface area contributed by atoms with E-state index in [1.807, 2.05) is 0 Å². The maximum Gasteiger partial charge on any atom is 0.261 e. The highest BCUT2D eigenvalue weighted by atomic mass is 32.2. The third kappa shape index (κ3) is 6.26. The smallest absolute Gasteiger partial charge is 0.261 e. The lowest BCUT2D eigenvalue weighted by molar-refractivity contribution is 0.102. The quantitative estimate of drug-likeness (QED) is 0.287. The number of nitrogens with one attached hydrogen (secondary N) is 3. The van der Waals surface area contributed by atoms with Crippen LogP contribution in [0, 0.1) is 0 Å². The summed E-state index contributed by atoms with van der Waals surface area (Å²) in [6.07, 6.45) is 0. The summed E-state index contributed by atoms with van der Waals surface area (Å²) < 4.78 is 60.8. The molecule has 4 rings (SSSR count). The van der Waals surface area contributed by atoms with Crippen LogP contribution in [-0.2, 0) is 20.0 Å². The molecule has 0 fully saturated rings. The molecule has 4 aromatic carbocycles. The molecule has 190 valence electrons. The second kappa shape index (κ2) is 10.7. The standard InChI is InChI=1S/C26H23N3O6S2/c1-35-21-15-11-20(12-16-21)28-36(31,32)23-17-13-19(14-18-23)27-26(30)24-9-5-6-10-25(24)29-37(33,34)22-7-3-2-4-8-22/h2-18,28-29H,1H3,(H,27,30). The summed E-state index contributed by atoms with van der Waals surface area (Å²) in [5.41, 5.74) is 0.897. The third-order valence-electron chi connectivity index (χ3n) is 5.23. The van der Waals surface area contributed by atoms with Gasteiger partial charge in [0.25, 0.3) is 26.0 Å². The van der Waals surface area contributed by atoms with Gasteiger partial charge in [-0.1, -0.05) is 30.3 Å². The second-order valence-electron chi connectivity index (χ2n) is 7.78. The van der Waals surface area contributed by atoms with Gasteiger partial charge in [0.1, 0.15) is 5.75 Å². The van der Waals surface area contributed by atoms with Crippen molar-refractivity contribution in [1.29, 1.82) is 0 Å². The maximum absolute atomic E-state index is 12.9. The van der Waals surface area contributed by atoms with E-state index in [-0.39, 0.29) is 21.0 Å². The molecule has 0 aliphatic carbocycles. The molecule has 1 amide bonds. The summed E-state index contributed by atoms with van der Waals surface area (Å²) in [4.78, 5) is 13.0. The van der Waals surface area contributed by atoms with Gasteiger partial charge >= 0.3 is 0 Å². The lowest BCUT2D eigenvalue weighted by atomic mass is 10.1. The molecule has 4 aromatic rings. The highest BCUT2D eigenvalue weighted by Gasteiger charge is 2.19. The molecule has 0 atom stereocenters. The lowest BCUT2D eigenvalue weighted by Crippen LogP contribution is -2.18. The van der Waals surface area contributed by atoms with Crippen molar-refractivity contribution in [2.75, 3.05) is 21.9 Å². The van der Waals surface area contributed by atoms with Crippen LogP contribution in [0.2, 0.25) is 0 Å². The Hall–Kier alpha value is -4.35. The largest absolute Gasteiger partial charge is 0.497 e. The molecule has 0 unspecified atom stereocenters. The van der Waals surface area contributed by atoms with E-state index in [9.17, 15) is 21.6 Å². The van der Waals surface area contributed by atoms with Crippen LogP contribution in [0.3, 0.4) is 0 Å². The van der Waals surface area contributed by atoms with Gasteiger partial charge in [-0.3, -0.25) is 14.2 Å². The van der Waals surface area contributed by atoms with Crippen molar-refractivity contribution in [1.82, 2.24) is 0 Å². The number of para-hydroxylation sites is 1. The minimum atomic E-state index is -3.90. The predicted octanol–water partition coefficient (Wildman–Crippen LogP) is 4.55. The van der Waals surface area contributed by atoms with Crippen LogP contribution in [0.4, 0.5) is 17.1 Å². The summed E-state index contributed by atoms with van der Waals surface area (Å²) in [6, 6.07) is 26.0. The number of carbonyl (C=O) groups excluding carboxylic acids is 1. The molecule has 0 saturated carbocycles. The number of carbonyl (C=O) groups is 1. The summed E-state index contributed by atoms with van der Waals surface area (Å²) in [5.74, 6) is 0.0239. The molecule has 0 bridgehead atoms. The Bertz CT molecular complexity index is 1610. The van der Waals surface area contributed by atoms with Crippen molar-refractivity contribution in [2.24, 2.45) is 0 Å². The molecule has 11 heteroatoms. The number of methoxy groups -OCH3 is 1. The van der Waals surface area contributed by atoms with E-state index in [0.717, 1.165) is 0 Å². The fourth-order valence-electron chi connectivity index (χ4n) is 3.36. The van der Waals surface area contributed by atoms with Gasteiger partial charge in [0.05, 0.1) is 28.2 Å². The SMILES string of the molecule is COc1ccc(NS(=O)(=O)c2ccc(NC(=O)c3ccccc3NS(=O)(=O)c3ccccc3)cc2)cc1. The van der Waals surface area contributed by atoms with E-state index < -0.39 is 26.0 Å². The number of ether oxygens (including phenoxy) is 1. The number of anilines is 3. The molecule has 0 aliphatic heterocycles. The number of sulfonamides is 2. The van der Waals surface area contributed by atoms with Gasteiger partial charge in [-0.2, -0.15) is 0 Å². The first-order chi connectivity index (χ1) is 17.7. The van der Waals surface area contributed by atoms with Crippen LogP contribution < -0.4 is 19.5 Å². The predicted molar refractivity (Wildman–Crippen MR) is 142 cm³/mol. The zero-order chi connectivity index (χ0) is 26.5. The Morgan fingerprint density at radius 1 is 0.622 bits per heavy atom. The second-order valence-corrected chi connectivity index (χ2v) is 11.1. The van der Waals surface area contributed by atoms with Gasteiger partial charge in [-0.05, 0) is 72.8 Å². The fraction of sp³-hybridized carbons (Fsp3) is 0.0385. The molecule has 37 heavy (non-hydrogen) atoms. The van der Waals surface area contributed by atoms with E-state index in [2.05, 4.69) is 14.8 Å². The maximum atomic E-state index is 12.9. The van der Waals surface area contributed by atoms with Crippen molar-refractivity contribution in [3.8, 4) is 5.75 Å². The summed E-state index contributed by atoms with van der Waals surface area (Å²) in [7, 11) is -6.25. The van der Waals surface area contributed by atoms with E-state index in [1.165, 1.54) is 55.6 Å². The average molecular weight is 538 g/mol. The molecule has 0 aromatic heterocycles. The Labute approximate surface area is 215 Å². The molecule has 0 spiro atoms. The summed E-state index contributed by atoms with van der Waals surface area (Å²) in [6.45, 7) is 0. The number of benzene rings is 4. The topological polar surface area (TPSA) is 131 Å². The van der Waals surface area contributed by atoms with E-state index in [4.69, 9.17) is 4.74 Å². The first-order valence-corrected chi connectivity index (χ1v) is 13.9. The van der Waals surface area contributed by atoms with E-state index >= 15 is 0 Å². The minimum Gasteiger partial charge on any atom is -0.497 e. The fourth-order valence-corrected chi connectivity index (χ4v) is 5.52. The van der Waals surface area contributed by atoms with Gasteiger partial charge in [0.15, 0.2) is 0 Å². The van der Waals surface area contributed by atoms with Crippen molar-refractivity contribution in [2.45, 2.75) is 9.79 Å². The van der Waals surface area contributed by atoms with Crippen molar-refractivity contribution >= 4 is 43.0 Å². The van der Waals surface area contributed by atoms with Gasteiger partial charge in [0.2, 0.25) is 0 Å². The van der Waals surface area contributed by atoms with Gasteiger partial charge in [-0.25, -0.2) is 16.8 Å². The van der Waals surface area contributed by atoms with Crippen LogP contribution in [0.1, 0.15) is 10.4 Å². The summed E-state index contributed by atoms with van der Waals surface area (Å²) in [5, 5.41) is 2.66. The molecule has 3 N–H and O–H groups in total. The highest BCUT2D eigenvalue weighted by Crippen LogP contribution is 2.23. The lowest BCUT2D eigenvalue weighted by Gasteiger charge is -2.13. The van der Waals surface area contributed by atoms with Crippen LogP contribution in [0.5, 0.6) is 5.75 Å². The van der Waals surface area contributed by atoms with Gasteiger partial charge in [-0.15, -0.1) is 0 Å². The Balaban J connectivity index is 1.48. The normalized spacial score (nSPS) is 11.4. The van der Waals surface area contributed by atoms with Crippen LogP contribution in [0.25, 0.3) is 0 Å². The van der Waals surface area contributed by atoms with Crippen LogP contribution in [0.15, 0.2) is 113 Å². The van der Waals surface area contributed by atoms with E-state index in [0.29, 0.717) is 17.1 Å². The number of rotatable bonds is 9. The third-order valence-corrected chi connectivity index (χ3v) is 8.01. The monoisotopic (exact) mass is 537 g/mol. The number of hydrogen-bond acceptors (Lipinski definition) is 6. The Morgan fingerprint density at radius 3 is 1.81 bits per heavy atom.